The number of nitrogen functional groups attached to an aromatic ring is 1. The second-order valence-electron chi connectivity index (χ2n) is 7.85. The number of aromatic nitrogens is 5. The summed E-state index contributed by atoms with van der Waals surface area (Å²) in [4.78, 5) is 22.4. The Labute approximate surface area is 194 Å². The lowest BCUT2D eigenvalue weighted by molar-refractivity contribution is 0.102. The average molecular weight is 466 g/mol. The van der Waals surface area contributed by atoms with Gasteiger partial charge >= 0.3 is 0 Å². The number of rotatable bonds is 6. The molecule has 0 aliphatic heterocycles. The molecule has 10 heteroatoms. The third-order valence-electron chi connectivity index (χ3n) is 4.90. The number of pyridine rings is 2. The van der Waals surface area contributed by atoms with Crippen LogP contribution < -0.4 is 11.1 Å². The molecule has 3 heterocycles. The summed E-state index contributed by atoms with van der Waals surface area (Å²) in [7, 11) is 0. The van der Waals surface area contributed by atoms with E-state index in [1.165, 1.54) is 41.7 Å². The Morgan fingerprint density at radius 3 is 2.58 bits per heavy atom. The molecule has 4 aromatic rings. The molecule has 0 atom stereocenters. The Morgan fingerprint density at radius 1 is 1.15 bits per heavy atom. The maximum absolute atomic E-state index is 15.1. The number of nitrogens with two attached hydrogens (primary N) is 1. The summed E-state index contributed by atoms with van der Waals surface area (Å²) in [5.74, 6) is -0.693. The van der Waals surface area contributed by atoms with Crippen LogP contribution >= 0.6 is 11.6 Å². The summed E-state index contributed by atoms with van der Waals surface area (Å²) in [6.45, 7) is 4.10. The zero-order chi connectivity index (χ0) is 23.5. The Bertz CT molecular complexity index is 1310. The van der Waals surface area contributed by atoms with Crippen LogP contribution in [0.2, 0.25) is 5.02 Å². The van der Waals surface area contributed by atoms with Crippen molar-refractivity contribution in [1.29, 1.82) is 0 Å². The van der Waals surface area contributed by atoms with Gasteiger partial charge in [-0.2, -0.15) is 10.2 Å². The van der Waals surface area contributed by atoms with Gasteiger partial charge in [0.15, 0.2) is 5.82 Å². The predicted molar refractivity (Wildman–Crippen MR) is 125 cm³/mol. The summed E-state index contributed by atoms with van der Waals surface area (Å²) in [6, 6.07) is 6.15. The number of nitrogens with one attached hydrogen (secondary N) is 1. The van der Waals surface area contributed by atoms with E-state index in [-0.39, 0.29) is 16.5 Å². The lowest BCUT2D eigenvalue weighted by Crippen LogP contribution is -2.16. The molecule has 0 bridgehead atoms. The van der Waals surface area contributed by atoms with Crippen molar-refractivity contribution in [2.45, 2.75) is 20.3 Å². The maximum Gasteiger partial charge on any atom is 0.258 e. The van der Waals surface area contributed by atoms with Crippen molar-refractivity contribution in [3.8, 4) is 16.9 Å². The average Bonchev–Trinajstić information content (AvgIpc) is 3.29. The van der Waals surface area contributed by atoms with Gasteiger partial charge in [0.2, 0.25) is 0 Å². The number of anilines is 2. The Morgan fingerprint density at radius 2 is 1.91 bits per heavy atom. The molecule has 0 fully saturated rings. The first kappa shape index (κ1) is 22.3. The highest BCUT2D eigenvalue weighted by Gasteiger charge is 2.19. The summed E-state index contributed by atoms with van der Waals surface area (Å²) < 4.78 is 15.1. The Hall–Kier alpha value is -3.85. The first-order valence-corrected chi connectivity index (χ1v) is 10.6. The second kappa shape index (κ2) is 9.33. The predicted octanol–water partition coefficient (Wildman–Crippen LogP) is 4.55. The molecule has 1 amide bonds. The fourth-order valence-electron chi connectivity index (χ4n) is 3.47. The summed E-state index contributed by atoms with van der Waals surface area (Å²) in [6.07, 6.45) is 8.15. The van der Waals surface area contributed by atoms with E-state index in [0.717, 1.165) is 5.56 Å². The number of carbonyl (C=O) groups is 1. The molecule has 1 aromatic carbocycles. The zero-order valence-electron chi connectivity index (χ0n) is 18.0. The van der Waals surface area contributed by atoms with Crippen LogP contribution in [0.5, 0.6) is 0 Å². The van der Waals surface area contributed by atoms with Crippen molar-refractivity contribution < 1.29 is 9.18 Å². The van der Waals surface area contributed by atoms with Crippen LogP contribution in [0, 0.1) is 11.7 Å². The number of hydrogen-bond donors (Lipinski definition) is 2. The van der Waals surface area contributed by atoms with E-state index in [1.54, 1.807) is 18.3 Å². The van der Waals surface area contributed by atoms with Crippen LogP contribution in [0.4, 0.5) is 15.8 Å². The van der Waals surface area contributed by atoms with Crippen molar-refractivity contribution in [2.75, 3.05) is 11.1 Å². The third-order valence-corrected chi connectivity index (χ3v) is 5.17. The number of carbonyl (C=O) groups excluding carboxylic acids is 1. The molecular formula is C23H21ClFN7O. The van der Waals surface area contributed by atoms with Crippen LogP contribution in [0.15, 0.2) is 55.2 Å². The van der Waals surface area contributed by atoms with Crippen molar-refractivity contribution in [2.24, 2.45) is 5.92 Å². The van der Waals surface area contributed by atoms with E-state index in [0.29, 0.717) is 34.7 Å². The van der Waals surface area contributed by atoms with Crippen LogP contribution in [-0.4, -0.2) is 30.9 Å². The molecule has 0 spiro atoms. The molecule has 0 radical (unpaired) electrons. The summed E-state index contributed by atoms with van der Waals surface area (Å²) >= 11 is 6.26. The van der Waals surface area contributed by atoms with Gasteiger partial charge < -0.3 is 11.1 Å². The summed E-state index contributed by atoms with van der Waals surface area (Å²) in [5, 5.41) is 10.8. The molecular weight excluding hydrogens is 445 g/mol. The monoisotopic (exact) mass is 465 g/mol. The fraction of sp³-hybridized carbons (Fsp3) is 0.174. The molecule has 0 aliphatic carbocycles. The van der Waals surface area contributed by atoms with Crippen molar-refractivity contribution >= 4 is 28.9 Å². The van der Waals surface area contributed by atoms with Crippen LogP contribution in [0.25, 0.3) is 16.9 Å². The van der Waals surface area contributed by atoms with Crippen molar-refractivity contribution in [3.05, 3.63) is 77.2 Å². The van der Waals surface area contributed by atoms with Crippen LogP contribution in [0.1, 0.15) is 29.8 Å². The normalized spacial score (nSPS) is 11.1. The standard InChI is InChI=1S/C23H21ClFN7O/c1-13(2)7-14-8-18(20(25)10-17(14)16-3-4-27-12-21(16)26)23(33)31-15-9-19(24)22(28-11-15)32-29-5-6-30-32/h3-6,8-13H,7,26H2,1-2H3,(H,31,33). The minimum absolute atomic E-state index is 0.0871. The van der Waals surface area contributed by atoms with E-state index >= 15 is 4.39 Å². The number of hydrogen-bond acceptors (Lipinski definition) is 6. The van der Waals surface area contributed by atoms with Gasteiger partial charge in [0.25, 0.3) is 5.91 Å². The first-order valence-electron chi connectivity index (χ1n) is 10.2. The molecule has 8 nitrogen and oxygen atoms in total. The van der Waals surface area contributed by atoms with E-state index < -0.39 is 11.7 Å². The quantitative estimate of drug-likeness (QED) is 0.432. The highest BCUT2D eigenvalue weighted by molar-refractivity contribution is 6.32. The lowest BCUT2D eigenvalue weighted by Gasteiger charge is -2.16. The first-order chi connectivity index (χ1) is 15.8. The van der Waals surface area contributed by atoms with E-state index in [4.69, 9.17) is 17.3 Å². The van der Waals surface area contributed by atoms with E-state index in [1.807, 2.05) is 13.8 Å². The summed E-state index contributed by atoms with van der Waals surface area (Å²) in [5.41, 5.74) is 8.85. The largest absolute Gasteiger partial charge is 0.397 e. The van der Waals surface area contributed by atoms with Crippen molar-refractivity contribution in [3.63, 3.8) is 0 Å². The molecule has 3 aromatic heterocycles. The van der Waals surface area contributed by atoms with Crippen LogP contribution in [0.3, 0.4) is 0 Å². The number of nitrogens with zero attached hydrogens (tertiary/aromatic N) is 5. The number of benzene rings is 1. The molecule has 0 saturated heterocycles. The topological polar surface area (TPSA) is 112 Å². The minimum Gasteiger partial charge on any atom is -0.397 e. The van der Waals surface area contributed by atoms with Gasteiger partial charge in [-0.15, -0.1) is 4.80 Å². The fourth-order valence-corrected chi connectivity index (χ4v) is 3.72. The van der Waals surface area contributed by atoms with E-state index in [2.05, 4.69) is 25.5 Å². The van der Waals surface area contributed by atoms with Crippen LogP contribution in [-0.2, 0) is 6.42 Å². The van der Waals surface area contributed by atoms with Gasteiger partial charge in [-0.3, -0.25) is 9.78 Å². The smallest absolute Gasteiger partial charge is 0.258 e. The van der Waals surface area contributed by atoms with Gasteiger partial charge in [-0.1, -0.05) is 25.4 Å². The molecule has 0 saturated carbocycles. The van der Waals surface area contributed by atoms with Gasteiger partial charge in [-0.25, -0.2) is 9.37 Å². The molecule has 3 N–H and O–H groups in total. The van der Waals surface area contributed by atoms with Gasteiger partial charge in [-0.05, 0) is 47.7 Å². The molecule has 0 aliphatic rings. The third kappa shape index (κ3) is 4.83. The van der Waals surface area contributed by atoms with Gasteiger partial charge in [0.1, 0.15) is 5.82 Å². The molecule has 168 valence electrons. The lowest BCUT2D eigenvalue weighted by atomic mass is 9.91. The molecule has 0 unspecified atom stereocenters. The highest BCUT2D eigenvalue weighted by Crippen LogP contribution is 2.32. The number of amides is 1. The molecule has 33 heavy (non-hydrogen) atoms. The molecule has 4 rings (SSSR count). The van der Waals surface area contributed by atoms with Gasteiger partial charge in [0, 0.05) is 11.8 Å². The van der Waals surface area contributed by atoms with Gasteiger partial charge in [0.05, 0.1) is 46.7 Å². The maximum atomic E-state index is 15.1. The zero-order valence-corrected chi connectivity index (χ0v) is 18.7. The Kier molecular flexibility index (Phi) is 6.32. The SMILES string of the molecule is CC(C)Cc1cc(C(=O)Nc2cnc(-n3nccn3)c(Cl)c2)c(F)cc1-c1ccncc1N. The van der Waals surface area contributed by atoms with E-state index in [9.17, 15) is 4.79 Å². The Balaban J connectivity index is 1.66. The number of halogens is 2. The second-order valence-corrected chi connectivity index (χ2v) is 8.26. The van der Waals surface area contributed by atoms with Crippen molar-refractivity contribution in [1.82, 2.24) is 25.0 Å². The minimum atomic E-state index is -0.664. The highest BCUT2D eigenvalue weighted by atomic mass is 35.5.